The van der Waals surface area contributed by atoms with Gasteiger partial charge in [-0.25, -0.2) is 15.0 Å². The van der Waals surface area contributed by atoms with Gasteiger partial charge < -0.3 is 25.1 Å². The second kappa shape index (κ2) is 8.35. The minimum atomic E-state index is 0.418. The Kier molecular flexibility index (Phi) is 5.43. The van der Waals surface area contributed by atoms with Crippen molar-refractivity contribution in [3.05, 3.63) is 18.5 Å². The molecule has 0 amide bonds. The highest BCUT2D eigenvalue weighted by Crippen LogP contribution is 2.36. The average molecular weight is 424 g/mol. The molecule has 10 heteroatoms. The lowest BCUT2D eigenvalue weighted by Gasteiger charge is -2.23. The number of nitrogens with one attached hydrogen (secondary N) is 1. The van der Waals surface area contributed by atoms with Crippen LogP contribution in [0.3, 0.4) is 0 Å². The van der Waals surface area contributed by atoms with Crippen molar-refractivity contribution in [2.75, 3.05) is 32.0 Å². The minimum absolute atomic E-state index is 0.418. The quantitative estimate of drug-likeness (QED) is 0.584. The van der Waals surface area contributed by atoms with Crippen LogP contribution in [0.4, 0.5) is 5.82 Å². The first-order chi connectivity index (χ1) is 14.7. The number of nitrogens with zero attached hydrogens (tertiary/aromatic N) is 4. The molecule has 0 atom stereocenters. The SMILES string of the molecule is Bc1cc2c(cc1Sc1nc3c(N)ncn(CCC4CCNCC4)c-3n1)OCCO2. The van der Waals surface area contributed by atoms with Gasteiger partial charge in [0.1, 0.15) is 21.1 Å². The molecule has 30 heavy (non-hydrogen) atoms. The monoisotopic (exact) mass is 424 g/mol. The molecule has 4 heterocycles. The zero-order chi connectivity index (χ0) is 20.5. The van der Waals surface area contributed by atoms with Gasteiger partial charge in [0.2, 0.25) is 0 Å². The van der Waals surface area contributed by atoms with E-state index in [4.69, 9.17) is 20.2 Å². The van der Waals surface area contributed by atoms with Gasteiger partial charge in [0.25, 0.3) is 0 Å². The van der Waals surface area contributed by atoms with E-state index in [1.165, 1.54) is 24.6 Å². The van der Waals surface area contributed by atoms with E-state index in [0.29, 0.717) is 29.9 Å². The average Bonchev–Trinajstić information content (AvgIpc) is 3.19. The molecule has 1 aromatic rings. The standard InChI is InChI=1S/C20H25BN6O2S/c21-13-9-14-15(29-8-7-28-14)10-16(13)30-20-25-17-18(22)24-11-27(19(17)26-20)6-3-12-1-4-23-5-2-12/h9-12,23H,1-8,21-22H2. The Bertz CT molecular complexity index is 1020. The Labute approximate surface area is 180 Å². The van der Waals surface area contributed by atoms with E-state index in [9.17, 15) is 0 Å². The van der Waals surface area contributed by atoms with Crippen molar-refractivity contribution in [3.8, 4) is 23.0 Å². The molecular weight excluding hydrogens is 399 g/mol. The topological polar surface area (TPSA) is 100 Å². The van der Waals surface area contributed by atoms with Crippen LogP contribution >= 0.6 is 11.8 Å². The summed E-state index contributed by atoms with van der Waals surface area (Å²) in [6.07, 6.45) is 5.35. The number of nitrogens with two attached hydrogens (primary N) is 1. The number of fused-ring (bicyclic) bond motifs is 2. The highest BCUT2D eigenvalue weighted by Gasteiger charge is 2.22. The molecular formula is C20H25BN6O2S. The van der Waals surface area contributed by atoms with Crippen LogP contribution < -0.4 is 26.0 Å². The summed E-state index contributed by atoms with van der Waals surface area (Å²) in [5.41, 5.74) is 7.88. The largest absolute Gasteiger partial charge is 0.486 e. The Balaban J connectivity index is 1.39. The number of nitrogen functional groups attached to an aromatic ring is 1. The van der Waals surface area contributed by atoms with Crippen molar-refractivity contribution >= 4 is 30.9 Å². The number of benzene rings is 1. The number of ether oxygens (including phenoxy) is 2. The number of rotatable bonds is 5. The summed E-state index contributed by atoms with van der Waals surface area (Å²) in [5.74, 6) is 3.52. The molecule has 156 valence electrons. The van der Waals surface area contributed by atoms with Crippen LogP contribution in [0.1, 0.15) is 19.3 Å². The fraction of sp³-hybridized carbons (Fsp3) is 0.450. The maximum absolute atomic E-state index is 6.11. The molecule has 8 nitrogen and oxygen atoms in total. The molecule has 4 aliphatic heterocycles. The molecule has 5 rings (SSSR count). The molecule has 3 N–H and O–H groups in total. The number of piperidine rings is 1. The molecule has 0 bridgehead atoms. The summed E-state index contributed by atoms with van der Waals surface area (Å²) in [5, 5.41) is 4.09. The van der Waals surface area contributed by atoms with Gasteiger partial charge >= 0.3 is 0 Å². The smallest absolute Gasteiger partial charge is 0.195 e. The van der Waals surface area contributed by atoms with Gasteiger partial charge in [0, 0.05) is 11.4 Å². The maximum atomic E-state index is 6.11. The van der Waals surface area contributed by atoms with E-state index in [1.807, 2.05) is 12.1 Å². The van der Waals surface area contributed by atoms with Crippen molar-refractivity contribution in [1.82, 2.24) is 24.8 Å². The molecule has 0 saturated carbocycles. The molecule has 0 spiro atoms. The van der Waals surface area contributed by atoms with Crippen LogP contribution in [0.2, 0.25) is 0 Å². The first-order valence-electron chi connectivity index (χ1n) is 10.4. The minimum Gasteiger partial charge on any atom is -0.486 e. The summed E-state index contributed by atoms with van der Waals surface area (Å²) in [4.78, 5) is 14.9. The number of hydrogen-bond donors (Lipinski definition) is 2. The lowest BCUT2D eigenvalue weighted by molar-refractivity contribution is 0.171. The van der Waals surface area contributed by atoms with E-state index in [-0.39, 0.29) is 0 Å². The Morgan fingerprint density at radius 1 is 1.17 bits per heavy atom. The van der Waals surface area contributed by atoms with Gasteiger partial charge in [-0.3, -0.25) is 0 Å². The van der Waals surface area contributed by atoms with E-state index >= 15 is 0 Å². The fourth-order valence-corrected chi connectivity index (χ4v) is 4.87. The van der Waals surface area contributed by atoms with Gasteiger partial charge in [-0.2, -0.15) is 0 Å². The lowest BCUT2D eigenvalue weighted by atomic mass is 9.95. The van der Waals surface area contributed by atoms with E-state index in [2.05, 4.69) is 27.7 Å². The molecule has 0 unspecified atom stereocenters. The third-order valence-electron chi connectivity index (χ3n) is 5.75. The predicted octanol–water partition coefficient (Wildman–Crippen LogP) is 0.931. The molecule has 1 fully saturated rings. The Hall–Kier alpha value is -2.46. The number of anilines is 1. The van der Waals surface area contributed by atoms with Crippen LogP contribution in [0.15, 0.2) is 28.5 Å². The molecule has 1 saturated heterocycles. The van der Waals surface area contributed by atoms with Crippen LogP contribution in [0.25, 0.3) is 11.5 Å². The number of aromatic nitrogens is 4. The first kappa shape index (κ1) is 19.5. The summed E-state index contributed by atoms with van der Waals surface area (Å²) < 4.78 is 13.5. The van der Waals surface area contributed by atoms with Crippen LogP contribution in [0, 0.1) is 5.92 Å². The van der Waals surface area contributed by atoms with E-state index in [1.54, 1.807) is 6.33 Å². The van der Waals surface area contributed by atoms with E-state index < -0.39 is 0 Å². The highest BCUT2D eigenvalue weighted by molar-refractivity contribution is 7.99. The molecule has 0 aromatic heterocycles. The van der Waals surface area contributed by atoms with Crippen molar-refractivity contribution in [1.29, 1.82) is 0 Å². The summed E-state index contributed by atoms with van der Waals surface area (Å²) in [7, 11) is 2.05. The van der Waals surface area contributed by atoms with Crippen molar-refractivity contribution in [2.24, 2.45) is 5.92 Å². The fourth-order valence-electron chi connectivity index (χ4n) is 4.02. The van der Waals surface area contributed by atoms with Crippen molar-refractivity contribution in [3.63, 3.8) is 0 Å². The summed E-state index contributed by atoms with van der Waals surface area (Å²) >= 11 is 1.51. The number of aryl methyl sites for hydroxylation is 1. The number of hydrogen-bond acceptors (Lipinski definition) is 8. The third-order valence-corrected chi connectivity index (χ3v) is 6.77. The molecule has 1 aromatic carbocycles. The third kappa shape index (κ3) is 3.93. The maximum Gasteiger partial charge on any atom is 0.195 e. The lowest BCUT2D eigenvalue weighted by Crippen LogP contribution is -2.28. The van der Waals surface area contributed by atoms with Gasteiger partial charge in [-0.15, -0.1) is 0 Å². The summed E-state index contributed by atoms with van der Waals surface area (Å²) in [6, 6.07) is 4.01. The second-order valence-corrected chi connectivity index (χ2v) is 8.86. The predicted molar refractivity (Wildman–Crippen MR) is 119 cm³/mol. The van der Waals surface area contributed by atoms with Crippen LogP contribution in [-0.4, -0.2) is 53.7 Å². The van der Waals surface area contributed by atoms with Crippen molar-refractivity contribution < 1.29 is 9.47 Å². The van der Waals surface area contributed by atoms with Gasteiger partial charge in [0.15, 0.2) is 34.0 Å². The Morgan fingerprint density at radius 2 is 1.93 bits per heavy atom. The second-order valence-electron chi connectivity index (χ2n) is 7.85. The van der Waals surface area contributed by atoms with Crippen molar-refractivity contribution in [2.45, 2.75) is 35.9 Å². The van der Waals surface area contributed by atoms with E-state index in [0.717, 1.165) is 59.7 Å². The zero-order valence-electron chi connectivity index (χ0n) is 17.1. The summed E-state index contributed by atoms with van der Waals surface area (Å²) in [6.45, 7) is 4.24. The molecule has 4 aliphatic rings. The molecule has 0 aliphatic carbocycles. The van der Waals surface area contributed by atoms with Crippen LogP contribution in [0.5, 0.6) is 11.5 Å². The zero-order valence-corrected chi connectivity index (χ0v) is 17.9. The molecule has 0 radical (unpaired) electrons. The van der Waals surface area contributed by atoms with Gasteiger partial charge in [0.05, 0.1) is 6.33 Å². The highest BCUT2D eigenvalue weighted by atomic mass is 32.2. The Morgan fingerprint density at radius 3 is 2.73 bits per heavy atom. The number of imidazole rings is 1. The van der Waals surface area contributed by atoms with Gasteiger partial charge in [-0.05, 0) is 50.4 Å². The normalized spacial score (nSPS) is 16.8. The van der Waals surface area contributed by atoms with Crippen LogP contribution in [-0.2, 0) is 6.54 Å². The van der Waals surface area contributed by atoms with Gasteiger partial charge in [-0.1, -0.05) is 17.2 Å². The first-order valence-corrected chi connectivity index (χ1v) is 11.3.